The van der Waals surface area contributed by atoms with E-state index in [0.717, 1.165) is 25.2 Å². The fraction of sp³-hybridized carbons (Fsp3) is 0.438. The van der Waals surface area contributed by atoms with Gasteiger partial charge in [-0.1, -0.05) is 41.1 Å². The van der Waals surface area contributed by atoms with Gasteiger partial charge in [-0.3, -0.25) is 0 Å². The van der Waals surface area contributed by atoms with Crippen molar-refractivity contribution >= 4 is 15.9 Å². The molecule has 1 N–H and O–H groups in total. The highest BCUT2D eigenvalue weighted by Gasteiger charge is 2.17. The monoisotopic (exact) mass is 335 g/mol. The Morgan fingerprint density at radius 3 is 2.85 bits per heavy atom. The van der Waals surface area contributed by atoms with E-state index in [2.05, 4.69) is 62.8 Å². The van der Waals surface area contributed by atoms with E-state index >= 15 is 0 Å². The van der Waals surface area contributed by atoms with Gasteiger partial charge in [0.25, 0.3) is 0 Å². The first-order chi connectivity index (χ1) is 9.63. The highest BCUT2D eigenvalue weighted by molar-refractivity contribution is 9.10. The average molecular weight is 336 g/mol. The summed E-state index contributed by atoms with van der Waals surface area (Å²) in [5.74, 6) is 1.10. The molecule has 0 aliphatic rings. The Bertz CT molecular complexity index is 563. The molecule has 2 rings (SSSR count). The zero-order valence-electron chi connectivity index (χ0n) is 12.4. The maximum Gasteiger partial charge on any atom is 0.110 e. The zero-order valence-corrected chi connectivity index (χ0v) is 13.9. The summed E-state index contributed by atoms with van der Waals surface area (Å²) in [6.45, 7) is 5.33. The van der Waals surface area contributed by atoms with Crippen LogP contribution in [0.5, 0.6) is 0 Å². The third-order valence-electron chi connectivity index (χ3n) is 3.55. The Hall–Kier alpha value is -1.13. The molecule has 0 amide bonds. The van der Waals surface area contributed by atoms with Crippen LogP contribution in [-0.2, 0) is 13.5 Å². The van der Waals surface area contributed by atoms with E-state index in [1.54, 1.807) is 0 Å². The SMILES string of the molecule is CCCNC(Cc1nccn1C)c1cccc(C)c1Br. The smallest absolute Gasteiger partial charge is 0.110 e. The third-order valence-corrected chi connectivity index (χ3v) is 4.63. The van der Waals surface area contributed by atoms with Gasteiger partial charge in [0.1, 0.15) is 5.82 Å². The summed E-state index contributed by atoms with van der Waals surface area (Å²) in [7, 11) is 2.05. The standard InChI is InChI=1S/C16H22BrN3/c1-4-8-18-14(11-15-19-9-10-20(15)3)13-7-5-6-12(2)16(13)17/h5-7,9-10,14,18H,4,8,11H2,1-3H3. The molecule has 2 aromatic rings. The summed E-state index contributed by atoms with van der Waals surface area (Å²) in [5.41, 5.74) is 2.58. The number of aromatic nitrogens is 2. The van der Waals surface area contributed by atoms with Crippen molar-refractivity contribution < 1.29 is 0 Å². The van der Waals surface area contributed by atoms with Crippen LogP contribution in [0.25, 0.3) is 0 Å². The number of imidazole rings is 1. The highest BCUT2D eigenvalue weighted by atomic mass is 79.9. The molecule has 0 saturated carbocycles. The lowest BCUT2D eigenvalue weighted by Crippen LogP contribution is -2.25. The summed E-state index contributed by atoms with van der Waals surface area (Å²) in [5, 5.41) is 3.64. The van der Waals surface area contributed by atoms with Gasteiger partial charge in [-0.05, 0) is 31.0 Å². The molecule has 20 heavy (non-hydrogen) atoms. The van der Waals surface area contributed by atoms with Gasteiger partial charge >= 0.3 is 0 Å². The van der Waals surface area contributed by atoms with Crippen LogP contribution in [0, 0.1) is 6.92 Å². The molecule has 108 valence electrons. The molecule has 0 fully saturated rings. The van der Waals surface area contributed by atoms with Crippen molar-refractivity contribution in [2.75, 3.05) is 6.54 Å². The molecular formula is C16H22BrN3. The summed E-state index contributed by atoms with van der Waals surface area (Å²) in [6, 6.07) is 6.72. The molecular weight excluding hydrogens is 314 g/mol. The van der Waals surface area contributed by atoms with E-state index in [0.29, 0.717) is 0 Å². The minimum Gasteiger partial charge on any atom is -0.338 e. The van der Waals surface area contributed by atoms with Crippen molar-refractivity contribution in [2.24, 2.45) is 7.05 Å². The second kappa shape index (κ2) is 7.04. The minimum atomic E-state index is 0.283. The van der Waals surface area contributed by atoms with Crippen molar-refractivity contribution in [1.29, 1.82) is 0 Å². The van der Waals surface area contributed by atoms with Crippen molar-refractivity contribution in [3.8, 4) is 0 Å². The first-order valence-electron chi connectivity index (χ1n) is 7.08. The lowest BCUT2D eigenvalue weighted by Gasteiger charge is -2.21. The Morgan fingerprint density at radius 1 is 1.40 bits per heavy atom. The Kier molecular flexibility index (Phi) is 5.38. The van der Waals surface area contributed by atoms with Gasteiger partial charge in [0.05, 0.1) is 0 Å². The van der Waals surface area contributed by atoms with Crippen molar-refractivity contribution in [3.05, 3.63) is 52.0 Å². The van der Waals surface area contributed by atoms with Crippen LogP contribution in [-0.4, -0.2) is 16.1 Å². The fourth-order valence-electron chi connectivity index (χ4n) is 2.33. The number of halogens is 1. The van der Waals surface area contributed by atoms with E-state index in [9.17, 15) is 0 Å². The molecule has 1 unspecified atom stereocenters. The number of benzene rings is 1. The van der Waals surface area contributed by atoms with Crippen molar-refractivity contribution in [3.63, 3.8) is 0 Å². The number of nitrogens with one attached hydrogen (secondary N) is 1. The molecule has 1 heterocycles. The molecule has 0 bridgehead atoms. The second-order valence-corrected chi connectivity index (χ2v) is 5.94. The lowest BCUT2D eigenvalue weighted by atomic mass is 10.0. The Labute approximate surface area is 129 Å². The zero-order chi connectivity index (χ0) is 14.5. The molecule has 0 radical (unpaired) electrons. The first kappa shape index (κ1) is 15.3. The number of rotatable bonds is 6. The van der Waals surface area contributed by atoms with Crippen LogP contribution in [0.3, 0.4) is 0 Å². The molecule has 0 aliphatic carbocycles. The second-order valence-electron chi connectivity index (χ2n) is 5.14. The molecule has 4 heteroatoms. The molecule has 1 aromatic heterocycles. The normalized spacial score (nSPS) is 12.6. The van der Waals surface area contributed by atoms with Crippen LogP contribution in [0.2, 0.25) is 0 Å². The summed E-state index contributed by atoms with van der Waals surface area (Å²) in [4.78, 5) is 4.45. The minimum absolute atomic E-state index is 0.283. The van der Waals surface area contributed by atoms with E-state index in [1.807, 2.05) is 19.4 Å². The van der Waals surface area contributed by atoms with E-state index in [1.165, 1.54) is 15.6 Å². The third kappa shape index (κ3) is 3.49. The van der Waals surface area contributed by atoms with Crippen molar-refractivity contribution in [1.82, 2.24) is 14.9 Å². The molecule has 0 spiro atoms. The van der Waals surface area contributed by atoms with Crippen LogP contribution in [0.4, 0.5) is 0 Å². The molecule has 1 atom stereocenters. The highest BCUT2D eigenvalue weighted by Crippen LogP contribution is 2.28. The van der Waals surface area contributed by atoms with Crippen LogP contribution >= 0.6 is 15.9 Å². The molecule has 0 aliphatic heterocycles. The van der Waals surface area contributed by atoms with E-state index < -0.39 is 0 Å². The van der Waals surface area contributed by atoms with Crippen LogP contribution in [0.15, 0.2) is 35.1 Å². The first-order valence-corrected chi connectivity index (χ1v) is 7.87. The summed E-state index contributed by atoms with van der Waals surface area (Å²) < 4.78 is 3.28. The van der Waals surface area contributed by atoms with Crippen LogP contribution < -0.4 is 5.32 Å². The summed E-state index contributed by atoms with van der Waals surface area (Å²) >= 11 is 3.73. The maximum absolute atomic E-state index is 4.45. The largest absolute Gasteiger partial charge is 0.338 e. The maximum atomic E-state index is 4.45. The topological polar surface area (TPSA) is 29.9 Å². The van der Waals surface area contributed by atoms with Gasteiger partial charge in [-0.25, -0.2) is 4.98 Å². The van der Waals surface area contributed by atoms with Crippen LogP contribution in [0.1, 0.15) is 36.3 Å². The molecule has 3 nitrogen and oxygen atoms in total. The van der Waals surface area contributed by atoms with Gasteiger partial charge in [-0.2, -0.15) is 0 Å². The van der Waals surface area contributed by atoms with E-state index in [4.69, 9.17) is 0 Å². The quantitative estimate of drug-likeness (QED) is 0.870. The van der Waals surface area contributed by atoms with Gasteiger partial charge < -0.3 is 9.88 Å². The van der Waals surface area contributed by atoms with Gasteiger partial charge in [0.15, 0.2) is 0 Å². The predicted molar refractivity (Wildman–Crippen MR) is 86.8 cm³/mol. The fourth-order valence-corrected chi connectivity index (χ4v) is 2.87. The number of aryl methyl sites for hydroxylation is 2. The number of hydrogen-bond acceptors (Lipinski definition) is 2. The van der Waals surface area contributed by atoms with E-state index in [-0.39, 0.29) is 6.04 Å². The number of nitrogens with zero attached hydrogens (tertiary/aromatic N) is 2. The van der Waals surface area contributed by atoms with Crippen molar-refractivity contribution in [2.45, 2.75) is 32.7 Å². The summed E-state index contributed by atoms with van der Waals surface area (Å²) in [6.07, 6.45) is 5.88. The lowest BCUT2D eigenvalue weighted by molar-refractivity contribution is 0.510. The Balaban J connectivity index is 2.27. The average Bonchev–Trinajstić information content (AvgIpc) is 2.83. The molecule has 1 aromatic carbocycles. The Morgan fingerprint density at radius 2 is 2.20 bits per heavy atom. The molecule has 0 saturated heterocycles. The predicted octanol–water partition coefficient (Wildman–Crippen LogP) is 3.77. The number of hydrogen-bond donors (Lipinski definition) is 1. The van der Waals surface area contributed by atoms with Gasteiger partial charge in [0, 0.05) is 36.4 Å². The van der Waals surface area contributed by atoms with Gasteiger partial charge in [0.2, 0.25) is 0 Å². The van der Waals surface area contributed by atoms with Gasteiger partial charge in [-0.15, -0.1) is 0 Å².